The summed E-state index contributed by atoms with van der Waals surface area (Å²) in [5.74, 6) is 0. The van der Waals surface area contributed by atoms with Gasteiger partial charge in [-0.25, -0.2) is 0 Å². The van der Waals surface area contributed by atoms with Crippen molar-refractivity contribution in [1.29, 1.82) is 5.26 Å². The highest BCUT2D eigenvalue weighted by atomic mass is 16.3. The van der Waals surface area contributed by atoms with Crippen LogP contribution in [0.25, 0.3) is 71.8 Å². The molecule has 0 aliphatic heterocycles. The first-order chi connectivity index (χ1) is 19.8. The molecule has 0 saturated carbocycles. The van der Waals surface area contributed by atoms with Gasteiger partial charge in [0.2, 0.25) is 0 Å². The second-order valence-corrected chi connectivity index (χ2v) is 9.93. The van der Waals surface area contributed by atoms with E-state index in [1.165, 1.54) is 5.39 Å². The minimum Gasteiger partial charge on any atom is -0.455 e. The van der Waals surface area contributed by atoms with Gasteiger partial charge in [-0.1, -0.05) is 78.9 Å². The maximum Gasteiger partial charge on any atom is 0.145 e. The normalized spacial score (nSPS) is 11.5. The third-order valence-corrected chi connectivity index (χ3v) is 7.71. The average molecular weight is 512 g/mol. The Hall–Kier alpha value is -5.66. The summed E-state index contributed by atoms with van der Waals surface area (Å²) < 4.78 is 8.82. The van der Waals surface area contributed by atoms with Crippen molar-refractivity contribution in [3.05, 3.63) is 133 Å². The molecule has 40 heavy (non-hydrogen) atoms. The quantitative estimate of drug-likeness (QED) is 0.237. The number of nitriles is 1. The van der Waals surface area contributed by atoms with Gasteiger partial charge in [-0.3, -0.25) is 4.98 Å². The zero-order valence-corrected chi connectivity index (χ0v) is 21.4. The van der Waals surface area contributed by atoms with Crippen molar-refractivity contribution >= 4 is 43.7 Å². The van der Waals surface area contributed by atoms with E-state index in [1.807, 2.05) is 18.2 Å². The molecule has 0 spiro atoms. The zero-order chi connectivity index (χ0) is 26.6. The molecule has 0 aliphatic carbocycles. The summed E-state index contributed by atoms with van der Waals surface area (Å²) in [4.78, 5) is 4.45. The number of hydrogen-bond donors (Lipinski definition) is 0. The van der Waals surface area contributed by atoms with Crippen LogP contribution in [0.3, 0.4) is 0 Å². The monoisotopic (exact) mass is 511 g/mol. The van der Waals surface area contributed by atoms with Gasteiger partial charge in [0.05, 0.1) is 33.4 Å². The fourth-order valence-corrected chi connectivity index (χ4v) is 5.86. The van der Waals surface area contributed by atoms with Crippen molar-refractivity contribution in [3.63, 3.8) is 0 Å². The first-order valence-electron chi connectivity index (χ1n) is 13.2. The minimum absolute atomic E-state index is 0.556. The molecule has 0 aliphatic rings. The van der Waals surface area contributed by atoms with E-state index < -0.39 is 0 Å². The SMILES string of the molecule is N#Cc1ccc(-c2ccc(-c3ccccc3-n3c4ccccc4c4c5oc6ccccc6c5ccc43)cc2)nc1. The molecule has 0 saturated heterocycles. The van der Waals surface area contributed by atoms with E-state index in [4.69, 9.17) is 9.68 Å². The Morgan fingerprint density at radius 1 is 0.625 bits per heavy atom. The Labute approximate surface area is 230 Å². The van der Waals surface area contributed by atoms with Gasteiger partial charge in [0.25, 0.3) is 0 Å². The van der Waals surface area contributed by atoms with E-state index in [0.29, 0.717) is 5.56 Å². The highest BCUT2D eigenvalue weighted by Gasteiger charge is 2.20. The van der Waals surface area contributed by atoms with Crippen LogP contribution in [0.15, 0.2) is 132 Å². The number of furan rings is 1. The Kier molecular flexibility index (Phi) is 4.85. The molecule has 0 amide bonds. The smallest absolute Gasteiger partial charge is 0.145 e. The summed E-state index contributed by atoms with van der Waals surface area (Å²) in [5.41, 5.74) is 9.83. The number of hydrogen-bond acceptors (Lipinski definition) is 3. The summed E-state index contributed by atoms with van der Waals surface area (Å²) in [5, 5.41) is 13.6. The lowest BCUT2D eigenvalue weighted by Gasteiger charge is -2.14. The summed E-state index contributed by atoms with van der Waals surface area (Å²) in [7, 11) is 0. The van der Waals surface area contributed by atoms with Gasteiger partial charge in [0, 0.05) is 33.5 Å². The molecule has 0 bridgehead atoms. The molecule has 186 valence electrons. The highest BCUT2D eigenvalue weighted by molar-refractivity contribution is 6.24. The molecule has 3 aromatic heterocycles. The zero-order valence-electron chi connectivity index (χ0n) is 21.4. The van der Waals surface area contributed by atoms with E-state index >= 15 is 0 Å². The highest BCUT2D eigenvalue weighted by Crippen LogP contribution is 2.42. The number of rotatable bonds is 3. The van der Waals surface area contributed by atoms with Crippen molar-refractivity contribution in [3.8, 4) is 34.1 Å². The van der Waals surface area contributed by atoms with Gasteiger partial charge < -0.3 is 8.98 Å². The summed E-state index contributed by atoms with van der Waals surface area (Å²) >= 11 is 0. The van der Waals surface area contributed by atoms with Gasteiger partial charge in [-0.15, -0.1) is 0 Å². The van der Waals surface area contributed by atoms with Gasteiger partial charge in [-0.2, -0.15) is 5.26 Å². The van der Waals surface area contributed by atoms with Crippen LogP contribution in [-0.2, 0) is 0 Å². The van der Waals surface area contributed by atoms with Crippen molar-refractivity contribution in [1.82, 2.24) is 9.55 Å². The molecule has 8 rings (SSSR count). The number of fused-ring (bicyclic) bond motifs is 7. The molecule has 0 radical (unpaired) electrons. The molecule has 4 heteroatoms. The van der Waals surface area contributed by atoms with Gasteiger partial charge in [-0.05, 0) is 48.0 Å². The van der Waals surface area contributed by atoms with Crippen LogP contribution >= 0.6 is 0 Å². The van der Waals surface area contributed by atoms with Gasteiger partial charge >= 0.3 is 0 Å². The molecule has 0 unspecified atom stereocenters. The van der Waals surface area contributed by atoms with Crippen LogP contribution in [-0.4, -0.2) is 9.55 Å². The Bertz CT molecular complexity index is 2260. The van der Waals surface area contributed by atoms with Crippen molar-refractivity contribution < 1.29 is 4.42 Å². The number of pyridine rings is 1. The number of nitrogens with zero attached hydrogens (tertiary/aromatic N) is 3. The third-order valence-electron chi connectivity index (χ3n) is 7.71. The van der Waals surface area contributed by atoms with E-state index in [2.05, 4.69) is 113 Å². The van der Waals surface area contributed by atoms with E-state index in [0.717, 1.165) is 66.4 Å². The van der Waals surface area contributed by atoms with Crippen LogP contribution in [0.4, 0.5) is 0 Å². The summed E-state index contributed by atoms with van der Waals surface area (Å²) in [6.07, 6.45) is 1.61. The van der Waals surface area contributed by atoms with E-state index in [-0.39, 0.29) is 0 Å². The predicted octanol–water partition coefficient (Wildman–Crippen LogP) is 9.28. The maximum atomic E-state index is 9.09. The van der Waals surface area contributed by atoms with Crippen molar-refractivity contribution in [2.75, 3.05) is 0 Å². The fourth-order valence-electron chi connectivity index (χ4n) is 5.86. The van der Waals surface area contributed by atoms with Crippen LogP contribution < -0.4 is 0 Å². The van der Waals surface area contributed by atoms with Crippen LogP contribution in [0.2, 0.25) is 0 Å². The lowest BCUT2D eigenvalue weighted by atomic mass is 10.0. The molecular weight excluding hydrogens is 490 g/mol. The molecule has 0 N–H and O–H groups in total. The molecular formula is C36H21N3O. The largest absolute Gasteiger partial charge is 0.455 e. The van der Waals surface area contributed by atoms with Gasteiger partial charge in [0.15, 0.2) is 0 Å². The lowest BCUT2D eigenvalue weighted by Crippen LogP contribution is -1.97. The average Bonchev–Trinajstić information content (AvgIpc) is 3.57. The number of aromatic nitrogens is 2. The third kappa shape index (κ3) is 3.28. The minimum atomic E-state index is 0.556. The number of benzene rings is 5. The molecule has 8 aromatic rings. The molecule has 4 nitrogen and oxygen atoms in total. The topological polar surface area (TPSA) is 54.8 Å². The fraction of sp³-hybridized carbons (Fsp3) is 0. The second kappa shape index (κ2) is 8.69. The Morgan fingerprint density at radius 2 is 1.38 bits per heavy atom. The first kappa shape index (κ1) is 22.3. The molecule has 0 fully saturated rings. The van der Waals surface area contributed by atoms with Crippen molar-refractivity contribution in [2.24, 2.45) is 0 Å². The van der Waals surface area contributed by atoms with Crippen LogP contribution in [0.1, 0.15) is 5.56 Å². The number of para-hydroxylation sites is 3. The molecule has 0 atom stereocenters. The standard InChI is InChI=1S/C36H21N3O/c37-21-23-13-19-30(38-22-23)25-16-14-24(15-17-25)26-7-1-4-10-31(26)39-32-11-5-2-9-29(32)35-33(39)20-18-28-27-8-3-6-12-34(27)40-36(28)35/h1-20,22H. The second-order valence-electron chi connectivity index (χ2n) is 9.93. The van der Waals surface area contributed by atoms with Crippen LogP contribution in [0, 0.1) is 11.3 Å². The predicted molar refractivity (Wildman–Crippen MR) is 161 cm³/mol. The van der Waals surface area contributed by atoms with Gasteiger partial charge in [0.1, 0.15) is 17.2 Å². The van der Waals surface area contributed by atoms with E-state index in [9.17, 15) is 0 Å². The Balaban J connectivity index is 1.34. The first-order valence-corrected chi connectivity index (χ1v) is 13.2. The maximum absolute atomic E-state index is 9.09. The molecule has 5 aromatic carbocycles. The van der Waals surface area contributed by atoms with Crippen LogP contribution in [0.5, 0.6) is 0 Å². The summed E-state index contributed by atoms with van der Waals surface area (Å²) in [6, 6.07) is 44.0. The van der Waals surface area contributed by atoms with Crippen molar-refractivity contribution in [2.45, 2.75) is 0 Å². The summed E-state index contributed by atoms with van der Waals surface area (Å²) in [6.45, 7) is 0. The van der Waals surface area contributed by atoms with E-state index in [1.54, 1.807) is 12.3 Å². The Morgan fingerprint density at radius 3 is 2.20 bits per heavy atom. The lowest BCUT2D eigenvalue weighted by molar-refractivity contribution is 0.673. The molecule has 3 heterocycles.